The molecule has 0 aliphatic carbocycles. The molecular weight excluding hydrogens is 193 g/mol. The number of pyridine rings is 1. The first-order valence-corrected chi connectivity index (χ1v) is 5.47. The van der Waals surface area contributed by atoms with Gasteiger partial charge in [0.05, 0.1) is 5.69 Å². The lowest BCUT2D eigenvalue weighted by molar-refractivity contribution is 0.0588. The van der Waals surface area contributed by atoms with Crippen LogP contribution >= 0.6 is 0 Å². The highest BCUT2D eigenvalue weighted by atomic mass is 19.1. The molecule has 1 aromatic rings. The normalized spacial score (nSPS) is 20.1. The summed E-state index contributed by atoms with van der Waals surface area (Å²) in [4.78, 5) is 4.14. The van der Waals surface area contributed by atoms with Gasteiger partial charge in [0.15, 0.2) is 0 Å². The van der Waals surface area contributed by atoms with Crippen molar-refractivity contribution in [1.29, 1.82) is 0 Å². The van der Waals surface area contributed by atoms with Crippen LogP contribution in [0.25, 0.3) is 0 Å². The van der Waals surface area contributed by atoms with Gasteiger partial charge in [-0.1, -0.05) is 6.92 Å². The fourth-order valence-corrected chi connectivity index (χ4v) is 2.17. The van der Waals surface area contributed by atoms with Gasteiger partial charge in [-0.05, 0) is 30.9 Å². The molecule has 15 heavy (non-hydrogen) atoms. The molecule has 1 saturated heterocycles. The maximum atomic E-state index is 13.5. The smallest absolute Gasteiger partial charge is 0.144 e. The van der Waals surface area contributed by atoms with Crippen LogP contribution in [0.1, 0.15) is 31.4 Å². The van der Waals surface area contributed by atoms with Crippen LogP contribution in [0.2, 0.25) is 0 Å². The van der Waals surface area contributed by atoms with Gasteiger partial charge < -0.3 is 4.74 Å². The maximum Gasteiger partial charge on any atom is 0.144 e. The van der Waals surface area contributed by atoms with E-state index in [0.717, 1.165) is 26.1 Å². The average molecular weight is 209 g/mol. The number of hydrogen-bond donors (Lipinski definition) is 0. The summed E-state index contributed by atoms with van der Waals surface area (Å²) < 4.78 is 18.8. The van der Waals surface area contributed by atoms with Crippen molar-refractivity contribution in [3.8, 4) is 0 Å². The van der Waals surface area contributed by atoms with Gasteiger partial charge in [0.1, 0.15) is 5.82 Å². The topological polar surface area (TPSA) is 22.1 Å². The number of nitrogens with zero attached hydrogens (tertiary/aromatic N) is 1. The van der Waals surface area contributed by atoms with Crippen LogP contribution in [-0.2, 0) is 4.74 Å². The average Bonchev–Trinajstić information content (AvgIpc) is 2.30. The lowest BCUT2D eigenvalue weighted by Crippen LogP contribution is -2.21. The molecule has 0 spiro atoms. The Morgan fingerprint density at radius 3 is 2.87 bits per heavy atom. The van der Waals surface area contributed by atoms with E-state index in [1.165, 1.54) is 6.07 Å². The van der Waals surface area contributed by atoms with Gasteiger partial charge in [-0.25, -0.2) is 4.39 Å². The Bertz CT molecular complexity index is 323. The highest BCUT2D eigenvalue weighted by Crippen LogP contribution is 2.31. The number of rotatable bonds is 2. The monoisotopic (exact) mass is 209 g/mol. The summed E-state index contributed by atoms with van der Waals surface area (Å²) in [5, 5.41) is 0. The second kappa shape index (κ2) is 4.71. The van der Waals surface area contributed by atoms with E-state index < -0.39 is 0 Å². The third-order valence-electron chi connectivity index (χ3n) is 3.19. The van der Waals surface area contributed by atoms with E-state index in [0.29, 0.717) is 11.6 Å². The van der Waals surface area contributed by atoms with Crippen molar-refractivity contribution in [2.24, 2.45) is 5.92 Å². The Morgan fingerprint density at radius 1 is 1.47 bits per heavy atom. The Morgan fingerprint density at radius 2 is 2.20 bits per heavy atom. The first-order valence-electron chi connectivity index (χ1n) is 5.47. The second-order valence-electron chi connectivity index (χ2n) is 4.11. The van der Waals surface area contributed by atoms with Crippen molar-refractivity contribution in [2.75, 3.05) is 13.2 Å². The summed E-state index contributed by atoms with van der Waals surface area (Å²) in [5.74, 6) is 0.509. The van der Waals surface area contributed by atoms with Crippen molar-refractivity contribution in [2.45, 2.75) is 25.7 Å². The first kappa shape index (κ1) is 10.6. The molecule has 1 unspecified atom stereocenters. The van der Waals surface area contributed by atoms with Crippen molar-refractivity contribution in [1.82, 2.24) is 4.98 Å². The van der Waals surface area contributed by atoms with E-state index in [-0.39, 0.29) is 11.7 Å². The van der Waals surface area contributed by atoms with E-state index in [2.05, 4.69) is 11.9 Å². The van der Waals surface area contributed by atoms with Crippen molar-refractivity contribution in [3.63, 3.8) is 0 Å². The summed E-state index contributed by atoms with van der Waals surface area (Å²) in [6.07, 6.45) is 3.68. The molecule has 0 amide bonds. The maximum absolute atomic E-state index is 13.5. The molecule has 0 aromatic carbocycles. The van der Waals surface area contributed by atoms with Gasteiger partial charge >= 0.3 is 0 Å². The molecule has 0 saturated carbocycles. The Labute approximate surface area is 89.5 Å². The molecule has 1 atom stereocenters. The van der Waals surface area contributed by atoms with Crippen LogP contribution in [0.4, 0.5) is 4.39 Å². The summed E-state index contributed by atoms with van der Waals surface area (Å²) in [6, 6.07) is 3.12. The molecule has 82 valence electrons. The van der Waals surface area contributed by atoms with E-state index in [1.54, 1.807) is 12.3 Å². The minimum atomic E-state index is -0.184. The minimum absolute atomic E-state index is 0.184. The van der Waals surface area contributed by atoms with Crippen molar-refractivity contribution < 1.29 is 9.13 Å². The Kier molecular flexibility index (Phi) is 3.31. The standard InChI is InChI=1S/C12H16FNO/c1-9(10-4-7-15-8-5-10)12-11(13)3-2-6-14-12/h2-3,6,9-10H,4-5,7-8H2,1H3. The minimum Gasteiger partial charge on any atom is -0.381 e. The molecule has 2 rings (SSSR count). The van der Waals surface area contributed by atoms with Crippen molar-refractivity contribution >= 4 is 0 Å². The molecule has 0 N–H and O–H groups in total. The summed E-state index contributed by atoms with van der Waals surface area (Å²) in [5.41, 5.74) is 0.601. The molecule has 1 aliphatic heterocycles. The lowest BCUT2D eigenvalue weighted by Gasteiger charge is -2.27. The number of halogens is 1. The highest BCUT2D eigenvalue weighted by Gasteiger charge is 2.24. The van der Waals surface area contributed by atoms with Crippen molar-refractivity contribution in [3.05, 3.63) is 29.8 Å². The summed E-state index contributed by atoms with van der Waals surface area (Å²) >= 11 is 0. The van der Waals surface area contributed by atoms with Gasteiger partial charge in [-0.3, -0.25) is 4.98 Å². The van der Waals surface area contributed by atoms with Gasteiger partial charge in [0.25, 0.3) is 0 Å². The zero-order chi connectivity index (χ0) is 10.7. The third kappa shape index (κ3) is 2.34. The van der Waals surface area contributed by atoms with E-state index in [1.807, 2.05) is 0 Å². The molecule has 3 heteroatoms. The third-order valence-corrected chi connectivity index (χ3v) is 3.19. The molecule has 1 fully saturated rings. The number of ether oxygens (including phenoxy) is 1. The predicted molar refractivity (Wildman–Crippen MR) is 56.2 cm³/mol. The van der Waals surface area contributed by atoms with Crippen LogP contribution in [0, 0.1) is 11.7 Å². The highest BCUT2D eigenvalue weighted by molar-refractivity contribution is 5.12. The first-order chi connectivity index (χ1) is 7.29. The van der Waals surface area contributed by atoms with Gasteiger partial charge in [0.2, 0.25) is 0 Å². The Hall–Kier alpha value is -0.960. The predicted octanol–water partition coefficient (Wildman–Crippen LogP) is 2.75. The SMILES string of the molecule is CC(c1ncccc1F)C1CCOCC1. The zero-order valence-electron chi connectivity index (χ0n) is 8.95. The second-order valence-corrected chi connectivity index (χ2v) is 4.11. The molecule has 1 aliphatic rings. The molecule has 2 heterocycles. The number of aromatic nitrogens is 1. The largest absolute Gasteiger partial charge is 0.381 e. The van der Waals surface area contributed by atoms with E-state index in [9.17, 15) is 4.39 Å². The fraction of sp³-hybridized carbons (Fsp3) is 0.583. The molecule has 2 nitrogen and oxygen atoms in total. The van der Waals surface area contributed by atoms with Crippen LogP contribution in [0.15, 0.2) is 18.3 Å². The van der Waals surface area contributed by atoms with Gasteiger partial charge in [-0.2, -0.15) is 0 Å². The van der Waals surface area contributed by atoms with Crippen LogP contribution in [0.3, 0.4) is 0 Å². The van der Waals surface area contributed by atoms with E-state index >= 15 is 0 Å². The van der Waals surface area contributed by atoms with Gasteiger partial charge in [0, 0.05) is 25.3 Å². The van der Waals surface area contributed by atoms with Gasteiger partial charge in [-0.15, -0.1) is 0 Å². The zero-order valence-corrected chi connectivity index (χ0v) is 8.95. The summed E-state index contributed by atoms with van der Waals surface area (Å²) in [7, 11) is 0. The fourth-order valence-electron chi connectivity index (χ4n) is 2.17. The Balaban J connectivity index is 2.12. The van der Waals surface area contributed by atoms with E-state index in [4.69, 9.17) is 4.74 Å². The summed E-state index contributed by atoms with van der Waals surface area (Å²) in [6.45, 7) is 3.65. The lowest BCUT2D eigenvalue weighted by atomic mass is 9.85. The van der Waals surface area contributed by atoms with Crippen LogP contribution in [-0.4, -0.2) is 18.2 Å². The quantitative estimate of drug-likeness (QED) is 0.747. The van der Waals surface area contributed by atoms with Crippen LogP contribution < -0.4 is 0 Å². The molecular formula is C12H16FNO. The molecule has 0 radical (unpaired) electrons. The molecule has 0 bridgehead atoms. The van der Waals surface area contributed by atoms with Crippen LogP contribution in [0.5, 0.6) is 0 Å². The number of hydrogen-bond acceptors (Lipinski definition) is 2. The molecule has 1 aromatic heterocycles.